The number of piperazine rings is 1. The van der Waals surface area contributed by atoms with Gasteiger partial charge in [0.2, 0.25) is 16.7 Å². The minimum Gasteiger partial charge on any atom is -0.492 e. The minimum atomic E-state index is -0.154. The maximum absolute atomic E-state index is 11.1. The molecule has 0 spiro atoms. The standard InChI is InChI=1S/C21H22ClN5O2S/c1-2-25-9-11-26(12-10-25)17(14-6-3-4-7-15(14)22)18-20(28)27-21(30-18)23-19(24-27)16-8-5-13-29-16/h3-8,13,17,28H,2,9-12H2,1H3/t17-/m1/s1. The van der Waals surface area contributed by atoms with Gasteiger partial charge in [0.05, 0.1) is 17.2 Å². The lowest BCUT2D eigenvalue weighted by molar-refractivity contribution is 0.113. The molecule has 0 bridgehead atoms. The van der Waals surface area contributed by atoms with E-state index in [1.54, 1.807) is 18.4 Å². The first kappa shape index (κ1) is 19.6. The van der Waals surface area contributed by atoms with E-state index in [1.165, 1.54) is 15.9 Å². The van der Waals surface area contributed by atoms with Crippen LogP contribution in [0.15, 0.2) is 47.1 Å². The van der Waals surface area contributed by atoms with Crippen molar-refractivity contribution in [1.82, 2.24) is 24.4 Å². The number of rotatable bonds is 5. The van der Waals surface area contributed by atoms with E-state index < -0.39 is 0 Å². The van der Waals surface area contributed by atoms with E-state index in [0.717, 1.165) is 43.2 Å². The van der Waals surface area contributed by atoms with E-state index in [2.05, 4.69) is 26.8 Å². The molecule has 0 radical (unpaired) electrons. The van der Waals surface area contributed by atoms with Gasteiger partial charge < -0.3 is 14.4 Å². The van der Waals surface area contributed by atoms with Crippen LogP contribution in [-0.2, 0) is 0 Å². The highest BCUT2D eigenvalue weighted by molar-refractivity contribution is 7.17. The molecule has 1 fully saturated rings. The van der Waals surface area contributed by atoms with E-state index in [1.807, 2.05) is 24.3 Å². The molecule has 1 aliphatic heterocycles. The van der Waals surface area contributed by atoms with E-state index >= 15 is 0 Å². The molecule has 156 valence electrons. The third-order valence-corrected chi connectivity index (χ3v) is 7.03. The first-order valence-electron chi connectivity index (χ1n) is 9.99. The van der Waals surface area contributed by atoms with Crippen molar-refractivity contribution < 1.29 is 9.52 Å². The van der Waals surface area contributed by atoms with Crippen molar-refractivity contribution >= 4 is 27.9 Å². The number of benzene rings is 1. The fourth-order valence-electron chi connectivity index (χ4n) is 3.98. The molecule has 9 heteroatoms. The van der Waals surface area contributed by atoms with Crippen molar-refractivity contribution in [2.24, 2.45) is 0 Å². The topological polar surface area (TPSA) is 70.0 Å². The largest absolute Gasteiger partial charge is 0.492 e. The molecule has 0 aliphatic carbocycles. The summed E-state index contributed by atoms with van der Waals surface area (Å²) in [5, 5.41) is 16.3. The lowest BCUT2D eigenvalue weighted by atomic mass is 10.0. The van der Waals surface area contributed by atoms with Crippen molar-refractivity contribution in [2.75, 3.05) is 32.7 Å². The Kier molecular flexibility index (Phi) is 5.24. The van der Waals surface area contributed by atoms with Gasteiger partial charge in [0.25, 0.3) is 0 Å². The molecule has 1 saturated heterocycles. The molecule has 4 aromatic rings. The van der Waals surface area contributed by atoms with Gasteiger partial charge in [-0.2, -0.15) is 9.50 Å². The molecule has 7 nitrogen and oxygen atoms in total. The van der Waals surface area contributed by atoms with Crippen molar-refractivity contribution in [1.29, 1.82) is 0 Å². The summed E-state index contributed by atoms with van der Waals surface area (Å²) in [6, 6.07) is 11.3. The number of nitrogens with zero attached hydrogens (tertiary/aromatic N) is 5. The van der Waals surface area contributed by atoms with Gasteiger partial charge in [-0.1, -0.05) is 48.1 Å². The summed E-state index contributed by atoms with van der Waals surface area (Å²) in [4.78, 5) is 10.8. The monoisotopic (exact) mass is 443 g/mol. The van der Waals surface area contributed by atoms with Gasteiger partial charge in [-0.05, 0) is 30.3 Å². The van der Waals surface area contributed by atoms with Gasteiger partial charge in [0, 0.05) is 31.2 Å². The number of thiazole rings is 1. The van der Waals surface area contributed by atoms with Crippen LogP contribution in [0.5, 0.6) is 5.88 Å². The second-order valence-corrected chi connectivity index (χ2v) is 8.71. The van der Waals surface area contributed by atoms with Gasteiger partial charge in [-0.15, -0.1) is 5.10 Å². The number of hydrogen-bond acceptors (Lipinski definition) is 7. The Labute approximate surface area is 183 Å². The zero-order valence-electron chi connectivity index (χ0n) is 16.5. The molecule has 0 saturated carbocycles. The van der Waals surface area contributed by atoms with Crippen LogP contribution in [0.1, 0.15) is 23.4 Å². The van der Waals surface area contributed by atoms with Crippen LogP contribution in [0, 0.1) is 0 Å². The highest BCUT2D eigenvalue weighted by atomic mass is 35.5. The Bertz CT molecular complexity index is 1150. The average molecular weight is 444 g/mol. The highest BCUT2D eigenvalue weighted by Crippen LogP contribution is 2.42. The highest BCUT2D eigenvalue weighted by Gasteiger charge is 2.32. The van der Waals surface area contributed by atoms with E-state index in [-0.39, 0.29) is 11.9 Å². The maximum Gasteiger partial charge on any atom is 0.230 e. The summed E-state index contributed by atoms with van der Waals surface area (Å²) in [7, 11) is 0. The van der Waals surface area contributed by atoms with Gasteiger partial charge in [0.1, 0.15) is 0 Å². The van der Waals surface area contributed by atoms with Crippen LogP contribution >= 0.6 is 22.9 Å². The second kappa shape index (κ2) is 8.03. The van der Waals surface area contributed by atoms with Crippen LogP contribution in [0.3, 0.4) is 0 Å². The number of aromatic nitrogens is 3. The van der Waals surface area contributed by atoms with Crippen LogP contribution in [0.2, 0.25) is 5.02 Å². The zero-order chi connectivity index (χ0) is 20.7. The molecule has 1 N–H and O–H groups in total. The van der Waals surface area contributed by atoms with Crippen molar-refractivity contribution in [3.8, 4) is 17.5 Å². The van der Waals surface area contributed by atoms with Crippen LogP contribution in [0.25, 0.3) is 16.5 Å². The molecular formula is C21H22ClN5O2S. The van der Waals surface area contributed by atoms with Crippen molar-refractivity contribution in [3.05, 3.63) is 58.1 Å². The predicted molar refractivity (Wildman–Crippen MR) is 117 cm³/mol. The molecular weight excluding hydrogens is 422 g/mol. The number of halogens is 1. The first-order valence-corrected chi connectivity index (χ1v) is 11.2. The summed E-state index contributed by atoms with van der Waals surface area (Å²) >= 11 is 8.03. The van der Waals surface area contributed by atoms with Crippen molar-refractivity contribution in [3.63, 3.8) is 0 Å². The SMILES string of the molecule is CCN1CCN([C@H](c2ccccc2Cl)c2sc3nc(-c4ccco4)nn3c2O)CC1. The molecule has 30 heavy (non-hydrogen) atoms. The smallest absolute Gasteiger partial charge is 0.230 e. The van der Waals surface area contributed by atoms with E-state index in [0.29, 0.717) is 21.6 Å². The third-order valence-electron chi connectivity index (χ3n) is 5.61. The van der Waals surface area contributed by atoms with Gasteiger partial charge in [-0.3, -0.25) is 4.90 Å². The molecule has 1 aromatic carbocycles. The molecule has 0 amide bonds. The summed E-state index contributed by atoms with van der Waals surface area (Å²) < 4.78 is 6.88. The first-order chi connectivity index (χ1) is 14.7. The van der Waals surface area contributed by atoms with Gasteiger partial charge in [-0.25, -0.2) is 0 Å². The van der Waals surface area contributed by atoms with Crippen LogP contribution < -0.4 is 0 Å². The minimum absolute atomic E-state index is 0.100. The Morgan fingerprint density at radius 2 is 1.97 bits per heavy atom. The fourth-order valence-corrected chi connectivity index (χ4v) is 5.32. The Balaban J connectivity index is 1.57. The zero-order valence-corrected chi connectivity index (χ0v) is 18.1. The summed E-state index contributed by atoms with van der Waals surface area (Å²) in [5.74, 6) is 1.13. The molecule has 4 heterocycles. The van der Waals surface area contributed by atoms with Crippen LogP contribution in [0.4, 0.5) is 0 Å². The number of hydrogen-bond donors (Lipinski definition) is 1. The Morgan fingerprint density at radius 3 is 2.63 bits per heavy atom. The summed E-state index contributed by atoms with van der Waals surface area (Å²) in [5.41, 5.74) is 0.982. The maximum atomic E-state index is 11.1. The molecule has 0 unspecified atom stereocenters. The second-order valence-electron chi connectivity index (χ2n) is 7.29. The molecule has 5 rings (SSSR count). The number of furan rings is 1. The summed E-state index contributed by atoms with van der Waals surface area (Å²) in [6.45, 7) is 7.00. The fraction of sp³-hybridized carbons (Fsp3) is 0.333. The van der Waals surface area contributed by atoms with E-state index in [4.69, 9.17) is 16.0 Å². The van der Waals surface area contributed by atoms with Gasteiger partial charge >= 0.3 is 0 Å². The quantitative estimate of drug-likeness (QED) is 0.500. The third kappa shape index (κ3) is 3.39. The van der Waals surface area contributed by atoms with E-state index in [9.17, 15) is 5.11 Å². The Hall–Kier alpha value is -2.39. The molecule has 1 atom stereocenters. The Morgan fingerprint density at radius 1 is 1.17 bits per heavy atom. The summed E-state index contributed by atoms with van der Waals surface area (Å²) in [6.07, 6.45) is 1.58. The average Bonchev–Trinajstić information content (AvgIpc) is 3.49. The predicted octanol–water partition coefficient (Wildman–Crippen LogP) is 4.14. The lowest BCUT2D eigenvalue weighted by Crippen LogP contribution is -2.47. The molecule has 3 aromatic heterocycles. The lowest BCUT2D eigenvalue weighted by Gasteiger charge is -2.39. The number of aromatic hydroxyl groups is 1. The van der Waals surface area contributed by atoms with Gasteiger partial charge in [0.15, 0.2) is 5.76 Å². The van der Waals surface area contributed by atoms with Crippen molar-refractivity contribution in [2.45, 2.75) is 13.0 Å². The number of fused-ring (bicyclic) bond motifs is 1. The number of likely N-dealkylation sites (N-methyl/N-ethyl adjacent to an activating group) is 1. The van der Waals surface area contributed by atoms with Crippen LogP contribution in [-0.4, -0.2) is 62.2 Å². The normalized spacial score (nSPS) is 17.0. The molecule has 1 aliphatic rings.